The number of hydrogen-bond acceptors (Lipinski definition) is 4. The van der Waals surface area contributed by atoms with Crippen LogP contribution in [0.15, 0.2) is 6.07 Å². The second-order valence-electron chi connectivity index (χ2n) is 5.83. The van der Waals surface area contributed by atoms with Crippen LogP contribution in [0.4, 0.5) is 0 Å². The van der Waals surface area contributed by atoms with E-state index in [4.69, 9.17) is 0 Å². The number of amides is 1. The highest BCUT2D eigenvalue weighted by Crippen LogP contribution is 2.25. The molecular formula is C15H24ClN3OS. The summed E-state index contributed by atoms with van der Waals surface area (Å²) in [5.41, 5.74) is 1.23. The number of halogens is 1. The molecule has 2 fully saturated rings. The SMILES string of the molecule is Cc1cc(C(=O)N2CCC(N3CCNCC3)C2)sc1C.Cl. The van der Waals surface area contributed by atoms with Crippen molar-refractivity contribution in [2.24, 2.45) is 0 Å². The third-order valence-electron chi connectivity index (χ3n) is 4.50. The lowest BCUT2D eigenvalue weighted by Crippen LogP contribution is -2.49. The first-order chi connectivity index (χ1) is 9.65. The van der Waals surface area contributed by atoms with E-state index >= 15 is 0 Å². The number of piperazine rings is 1. The zero-order valence-corrected chi connectivity index (χ0v) is 14.4. The molecule has 1 aromatic rings. The standard InChI is InChI=1S/C15H23N3OS.ClH/c1-11-9-14(20-12(11)2)15(19)18-6-3-13(10-18)17-7-4-16-5-8-17;/h9,13,16H,3-8,10H2,1-2H3;1H. The molecule has 1 aromatic heterocycles. The van der Waals surface area contributed by atoms with Gasteiger partial charge in [-0.1, -0.05) is 0 Å². The Bertz CT molecular complexity index is 480. The molecule has 3 rings (SSSR count). The van der Waals surface area contributed by atoms with Gasteiger partial charge in [0.1, 0.15) is 0 Å². The zero-order chi connectivity index (χ0) is 14.1. The van der Waals surface area contributed by atoms with E-state index in [0.29, 0.717) is 6.04 Å². The Morgan fingerprint density at radius 3 is 2.62 bits per heavy atom. The molecule has 2 saturated heterocycles. The van der Waals surface area contributed by atoms with E-state index in [9.17, 15) is 4.79 Å². The summed E-state index contributed by atoms with van der Waals surface area (Å²) in [5.74, 6) is 0.226. The first-order valence-electron chi connectivity index (χ1n) is 7.46. The minimum atomic E-state index is 0. The summed E-state index contributed by atoms with van der Waals surface area (Å²) in [6.45, 7) is 10.4. The molecule has 1 N–H and O–H groups in total. The molecule has 1 unspecified atom stereocenters. The minimum absolute atomic E-state index is 0. The number of hydrogen-bond donors (Lipinski definition) is 1. The fourth-order valence-corrected chi connectivity index (χ4v) is 4.11. The molecule has 4 nitrogen and oxygen atoms in total. The van der Waals surface area contributed by atoms with Gasteiger partial charge in [-0.3, -0.25) is 9.69 Å². The van der Waals surface area contributed by atoms with Crippen LogP contribution in [0.25, 0.3) is 0 Å². The van der Waals surface area contributed by atoms with Gasteiger partial charge in [-0.05, 0) is 31.9 Å². The monoisotopic (exact) mass is 329 g/mol. The maximum atomic E-state index is 12.5. The Hall–Kier alpha value is -0.620. The van der Waals surface area contributed by atoms with E-state index in [2.05, 4.69) is 24.1 Å². The Kier molecular flexibility index (Phi) is 5.66. The van der Waals surface area contributed by atoms with Gasteiger partial charge in [0.2, 0.25) is 0 Å². The number of carbonyl (C=O) groups is 1. The first-order valence-corrected chi connectivity index (χ1v) is 8.28. The van der Waals surface area contributed by atoms with Gasteiger partial charge in [-0.15, -0.1) is 23.7 Å². The average Bonchev–Trinajstić information content (AvgIpc) is 3.07. The first kappa shape index (κ1) is 16.7. The largest absolute Gasteiger partial charge is 0.336 e. The Labute approximate surface area is 136 Å². The van der Waals surface area contributed by atoms with Crippen LogP contribution in [0.1, 0.15) is 26.5 Å². The van der Waals surface area contributed by atoms with Gasteiger partial charge in [0.15, 0.2) is 0 Å². The van der Waals surface area contributed by atoms with E-state index in [-0.39, 0.29) is 18.3 Å². The molecule has 0 aromatic carbocycles. The van der Waals surface area contributed by atoms with Crippen LogP contribution in [0.5, 0.6) is 0 Å². The van der Waals surface area contributed by atoms with E-state index in [1.165, 1.54) is 10.4 Å². The highest BCUT2D eigenvalue weighted by atomic mass is 35.5. The summed E-state index contributed by atoms with van der Waals surface area (Å²) in [5, 5.41) is 3.39. The molecular weight excluding hydrogens is 306 g/mol. The highest BCUT2D eigenvalue weighted by molar-refractivity contribution is 7.14. The van der Waals surface area contributed by atoms with Crippen LogP contribution < -0.4 is 5.32 Å². The lowest BCUT2D eigenvalue weighted by molar-refractivity contribution is 0.0778. The summed E-state index contributed by atoms with van der Waals surface area (Å²) in [6, 6.07) is 2.60. The number of likely N-dealkylation sites (tertiary alicyclic amines) is 1. The Morgan fingerprint density at radius 2 is 2.00 bits per heavy atom. The van der Waals surface area contributed by atoms with E-state index in [1.807, 2.05) is 11.0 Å². The molecule has 21 heavy (non-hydrogen) atoms. The lowest BCUT2D eigenvalue weighted by atomic mass is 10.2. The summed E-state index contributed by atoms with van der Waals surface area (Å²) < 4.78 is 0. The molecule has 2 aliphatic heterocycles. The maximum absolute atomic E-state index is 12.5. The second-order valence-corrected chi connectivity index (χ2v) is 7.09. The van der Waals surface area contributed by atoms with Crippen molar-refractivity contribution in [3.63, 3.8) is 0 Å². The summed E-state index contributed by atoms with van der Waals surface area (Å²) in [7, 11) is 0. The van der Waals surface area contributed by atoms with Gasteiger partial charge < -0.3 is 10.2 Å². The van der Waals surface area contributed by atoms with E-state index in [0.717, 1.165) is 50.6 Å². The van der Waals surface area contributed by atoms with Gasteiger partial charge in [-0.2, -0.15) is 0 Å². The summed E-state index contributed by atoms with van der Waals surface area (Å²) in [6.07, 6.45) is 1.12. The van der Waals surface area contributed by atoms with Crippen molar-refractivity contribution >= 4 is 29.7 Å². The number of nitrogens with one attached hydrogen (secondary N) is 1. The number of rotatable bonds is 2. The van der Waals surface area contributed by atoms with Gasteiger partial charge >= 0.3 is 0 Å². The van der Waals surface area contributed by atoms with Crippen LogP contribution >= 0.6 is 23.7 Å². The molecule has 1 amide bonds. The zero-order valence-electron chi connectivity index (χ0n) is 12.7. The van der Waals surface area contributed by atoms with Crippen molar-refractivity contribution in [1.29, 1.82) is 0 Å². The van der Waals surface area contributed by atoms with Gasteiger partial charge in [-0.25, -0.2) is 0 Å². The van der Waals surface area contributed by atoms with Crippen LogP contribution in [-0.2, 0) is 0 Å². The van der Waals surface area contributed by atoms with Gasteiger partial charge in [0, 0.05) is 50.2 Å². The van der Waals surface area contributed by atoms with Crippen LogP contribution in [0.2, 0.25) is 0 Å². The van der Waals surface area contributed by atoms with Gasteiger partial charge in [0.05, 0.1) is 4.88 Å². The number of thiophene rings is 1. The molecule has 0 spiro atoms. The Morgan fingerprint density at radius 1 is 1.29 bits per heavy atom. The topological polar surface area (TPSA) is 35.6 Å². The number of carbonyl (C=O) groups excluding carboxylic acids is 1. The molecule has 0 radical (unpaired) electrons. The van der Waals surface area contributed by atoms with E-state index in [1.54, 1.807) is 11.3 Å². The van der Waals surface area contributed by atoms with Crippen molar-refractivity contribution in [3.05, 3.63) is 21.4 Å². The molecule has 6 heteroatoms. The molecule has 1 atom stereocenters. The van der Waals surface area contributed by atoms with Crippen LogP contribution in [-0.4, -0.2) is 61.0 Å². The predicted molar refractivity (Wildman–Crippen MR) is 89.8 cm³/mol. The molecule has 0 saturated carbocycles. The quantitative estimate of drug-likeness (QED) is 0.900. The van der Waals surface area contributed by atoms with Crippen LogP contribution in [0.3, 0.4) is 0 Å². The Balaban J connectivity index is 0.00000161. The van der Waals surface area contributed by atoms with Crippen molar-refractivity contribution < 1.29 is 4.79 Å². The maximum Gasteiger partial charge on any atom is 0.263 e. The molecule has 118 valence electrons. The van der Waals surface area contributed by atoms with Crippen molar-refractivity contribution in [1.82, 2.24) is 15.1 Å². The lowest BCUT2D eigenvalue weighted by Gasteiger charge is -2.32. The van der Waals surface area contributed by atoms with Crippen molar-refractivity contribution in [2.45, 2.75) is 26.3 Å². The van der Waals surface area contributed by atoms with Crippen molar-refractivity contribution in [3.8, 4) is 0 Å². The average molecular weight is 330 g/mol. The third-order valence-corrected chi connectivity index (χ3v) is 5.64. The third kappa shape index (κ3) is 3.59. The smallest absolute Gasteiger partial charge is 0.263 e. The number of aryl methyl sites for hydroxylation is 2. The fraction of sp³-hybridized carbons (Fsp3) is 0.667. The second kappa shape index (κ2) is 7.09. The van der Waals surface area contributed by atoms with Crippen LogP contribution in [0, 0.1) is 13.8 Å². The van der Waals surface area contributed by atoms with Crippen molar-refractivity contribution in [2.75, 3.05) is 39.3 Å². The van der Waals surface area contributed by atoms with Gasteiger partial charge in [0.25, 0.3) is 5.91 Å². The summed E-state index contributed by atoms with van der Waals surface area (Å²) >= 11 is 1.63. The normalized spacial score (nSPS) is 23.1. The molecule has 0 aliphatic carbocycles. The predicted octanol–water partition coefficient (Wildman–Crippen LogP) is 1.91. The number of nitrogens with zero attached hydrogens (tertiary/aromatic N) is 2. The molecule has 2 aliphatic rings. The molecule has 3 heterocycles. The fourth-order valence-electron chi connectivity index (χ4n) is 3.11. The van der Waals surface area contributed by atoms with E-state index < -0.39 is 0 Å². The molecule has 0 bridgehead atoms. The summed E-state index contributed by atoms with van der Waals surface area (Å²) in [4.78, 5) is 19.3. The highest BCUT2D eigenvalue weighted by Gasteiger charge is 2.31. The minimum Gasteiger partial charge on any atom is -0.336 e.